The van der Waals surface area contributed by atoms with Crippen LogP contribution in [0.1, 0.15) is 78.1 Å². The van der Waals surface area contributed by atoms with Crippen molar-refractivity contribution in [2.45, 2.75) is 78.1 Å². The van der Waals surface area contributed by atoms with Crippen LogP contribution in [0, 0.1) is 34.5 Å². The number of aliphatic hydroxyl groups excluding tert-OH is 1. The highest BCUT2D eigenvalue weighted by Crippen LogP contribution is 2.67. The first-order chi connectivity index (χ1) is 10.1. The topological polar surface area (TPSA) is 20.2 Å². The molecule has 4 rings (SSSR count). The molecule has 4 saturated carbocycles. The summed E-state index contributed by atoms with van der Waals surface area (Å²) in [7, 11) is 0. The van der Waals surface area contributed by atoms with E-state index >= 15 is 0 Å². The summed E-state index contributed by atoms with van der Waals surface area (Å²) in [5.74, 6) is 3.80. The van der Waals surface area contributed by atoms with Gasteiger partial charge in [-0.3, -0.25) is 0 Å². The maximum absolute atomic E-state index is 9.64. The SMILES string of the molecule is C[C@]12CCCC[C@@H]1CC[C@@H]1[C@@H]2CC[C@]2(C)C(=CO)CC[C@@H]12. The van der Waals surface area contributed by atoms with Crippen LogP contribution in [0.4, 0.5) is 0 Å². The quantitative estimate of drug-likeness (QED) is 0.553. The summed E-state index contributed by atoms with van der Waals surface area (Å²) in [6.45, 7) is 5.10. The molecule has 21 heavy (non-hydrogen) atoms. The molecule has 0 aromatic heterocycles. The van der Waals surface area contributed by atoms with E-state index in [2.05, 4.69) is 13.8 Å². The minimum Gasteiger partial charge on any atom is -0.516 e. The third-order valence-corrected chi connectivity index (χ3v) is 8.59. The standard InChI is InChI=1S/C20H32O/c1-19-11-4-3-5-14(19)6-8-16-17-9-7-15(13-21)20(17,2)12-10-18(16)19/h13-14,16-18,21H,3-12H2,1-2H3/t14-,16+,17+,18+,19+,20-/m1/s1. The zero-order valence-electron chi connectivity index (χ0n) is 13.9. The van der Waals surface area contributed by atoms with Gasteiger partial charge in [0.2, 0.25) is 0 Å². The van der Waals surface area contributed by atoms with Gasteiger partial charge < -0.3 is 5.11 Å². The van der Waals surface area contributed by atoms with E-state index in [-0.39, 0.29) is 0 Å². The number of allylic oxidation sites excluding steroid dienone is 1. The molecule has 0 aliphatic heterocycles. The lowest BCUT2D eigenvalue weighted by Gasteiger charge is -2.60. The van der Waals surface area contributed by atoms with Gasteiger partial charge in [-0.2, -0.15) is 0 Å². The first-order valence-electron chi connectivity index (χ1n) is 9.43. The van der Waals surface area contributed by atoms with Crippen molar-refractivity contribution in [2.24, 2.45) is 34.5 Å². The van der Waals surface area contributed by atoms with Crippen LogP contribution < -0.4 is 0 Å². The van der Waals surface area contributed by atoms with E-state index in [0.29, 0.717) is 10.8 Å². The van der Waals surface area contributed by atoms with E-state index in [1.54, 1.807) is 0 Å². The second-order valence-electron chi connectivity index (χ2n) is 9.05. The Morgan fingerprint density at radius 3 is 2.62 bits per heavy atom. The largest absolute Gasteiger partial charge is 0.516 e. The molecule has 4 aliphatic carbocycles. The highest BCUT2D eigenvalue weighted by Gasteiger charge is 2.58. The second kappa shape index (κ2) is 4.77. The van der Waals surface area contributed by atoms with Crippen molar-refractivity contribution in [3.05, 3.63) is 11.8 Å². The van der Waals surface area contributed by atoms with Crippen molar-refractivity contribution < 1.29 is 5.11 Å². The molecule has 4 aliphatic rings. The fraction of sp³-hybridized carbons (Fsp3) is 0.900. The molecule has 0 spiro atoms. The van der Waals surface area contributed by atoms with Crippen molar-refractivity contribution in [2.75, 3.05) is 0 Å². The zero-order valence-corrected chi connectivity index (χ0v) is 13.9. The van der Waals surface area contributed by atoms with Crippen LogP contribution in [0.5, 0.6) is 0 Å². The number of hydrogen-bond donors (Lipinski definition) is 1. The maximum atomic E-state index is 9.64. The van der Waals surface area contributed by atoms with Crippen molar-refractivity contribution >= 4 is 0 Å². The summed E-state index contributed by atoms with van der Waals surface area (Å²) >= 11 is 0. The Balaban J connectivity index is 1.66. The van der Waals surface area contributed by atoms with E-state index in [4.69, 9.17) is 0 Å². The molecule has 0 bridgehead atoms. The average Bonchev–Trinajstić information content (AvgIpc) is 2.83. The molecule has 1 N–H and O–H groups in total. The Morgan fingerprint density at radius 2 is 1.81 bits per heavy atom. The highest BCUT2D eigenvalue weighted by atomic mass is 16.2. The van der Waals surface area contributed by atoms with E-state index in [0.717, 1.165) is 30.1 Å². The summed E-state index contributed by atoms with van der Waals surface area (Å²) in [5, 5.41) is 9.64. The van der Waals surface area contributed by atoms with Crippen LogP contribution in [0.2, 0.25) is 0 Å². The summed E-state index contributed by atoms with van der Waals surface area (Å²) in [4.78, 5) is 0. The lowest BCUT2D eigenvalue weighted by Crippen LogP contribution is -2.52. The smallest absolute Gasteiger partial charge is 0.0789 e. The number of rotatable bonds is 0. The van der Waals surface area contributed by atoms with Gasteiger partial charge >= 0.3 is 0 Å². The fourth-order valence-electron chi connectivity index (χ4n) is 7.36. The van der Waals surface area contributed by atoms with E-state index in [1.165, 1.54) is 69.6 Å². The molecule has 1 nitrogen and oxygen atoms in total. The number of hydrogen-bond acceptors (Lipinski definition) is 1. The molecule has 118 valence electrons. The summed E-state index contributed by atoms with van der Waals surface area (Å²) < 4.78 is 0. The molecule has 0 unspecified atom stereocenters. The number of fused-ring (bicyclic) bond motifs is 5. The highest BCUT2D eigenvalue weighted by molar-refractivity contribution is 5.22. The molecular formula is C20H32O. The average molecular weight is 288 g/mol. The van der Waals surface area contributed by atoms with Gasteiger partial charge in [-0.05, 0) is 91.4 Å². The second-order valence-corrected chi connectivity index (χ2v) is 9.05. The van der Waals surface area contributed by atoms with E-state index in [9.17, 15) is 5.11 Å². The van der Waals surface area contributed by atoms with Crippen molar-refractivity contribution in [3.8, 4) is 0 Å². The normalized spacial score (nSPS) is 54.9. The predicted octanol–water partition coefficient (Wildman–Crippen LogP) is 5.86. The molecule has 0 radical (unpaired) electrons. The van der Waals surface area contributed by atoms with Gasteiger partial charge in [0.1, 0.15) is 0 Å². The maximum Gasteiger partial charge on any atom is 0.0789 e. The van der Waals surface area contributed by atoms with Crippen LogP contribution in [0.25, 0.3) is 0 Å². The molecule has 1 heteroatoms. The van der Waals surface area contributed by atoms with Gasteiger partial charge in [0.05, 0.1) is 6.26 Å². The zero-order chi connectivity index (χ0) is 14.7. The van der Waals surface area contributed by atoms with Crippen LogP contribution in [-0.4, -0.2) is 5.11 Å². The number of aliphatic hydroxyl groups is 1. The van der Waals surface area contributed by atoms with Gasteiger partial charge in [0.15, 0.2) is 0 Å². The molecule has 0 heterocycles. The Hall–Kier alpha value is -0.460. The molecule has 0 aromatic rings. The third-order valence-electron chi connectivity index (χ3n) is 8.59. The van der Waals surface area contributed by atoms with Gasteiger partial charge in [0.25, 0.3) is 0 Å². The Bertz CT molecular complexity index is 453. The van der Waals surface area contributed by atoms with Crippen LogP contribution in [0.3, 0.4) is 0 Å². The Morgan fingerprint density at radius 1 is 0.952 bits per heavy atom. The minimum atomic E-state index is 0.327. The lowest BCUT2D eigenvalue weighted by molar-refractivity contribution is -0.0974. The van der Waals surface area contributed by atoms with E-state index in [1.807, 2.05) is 0 Å². The molecule has 0 saturated heterocycles. The van der Waals surface area contributed by atoms with Gasteiger partial charge in [-0.25, -0.2) is 0 Å². The van der Waals surface area contributed by atoms with Crippen molar-refractivity contribution in [1.29, 1.82) is 0 Å². The minimum absolute atomic E-state index is 0.327. The molecule has 0 aromatic carbocycles. The van der Waals surface area contributed by atoms with Crippen LogP contribution in [0.15, 0.2) is 11.8 Å². The van der Waals surface area contributed by atoms with Crippen molar-refractivity contribution in [1.82, 2.24) is 0 Å². The first kappa shape index (κ1) is 14.2. The first-order valence-corrected chi connectivity index (χ1v) is 9.43. The van der Waals surface area contributed by atoms with Crippen LogP contribution in [-0.2, 0) is 0 Å². The predicted molar refractivity (Wildman–Crippen MR) is 87.1 cm³/mol. The third kappa shape index (κ3) is 1.82. The van der Waals surface area contributed by atoms with Gasteiger partial charge in [-0.1, -0.05) is 26.7 Å². The molecule has 0 amide bonds. The Kier molecular flexibility index (Phi) is 3.21. The molecule has 4 fully saturated rings. The summed E-state index contributed by atoms with van der Waals surface area (Å²) in [5.41, 5.74) is 2.34. The summed E-state index contributed by atoms with van der Waals surface area (Å²) in [6.07, 6.45) is 15.6. The van der Waals surface area contributed by atoms with Gasteiger partial charge in [-0.15, -0.1) is 0 Å². The fourth-order valence-corrected chi connectivity index (χ4v) is 7.36. The summed E-state index contributed by atoms with van der Waals surface area (Å²) in [6, 6.07) is 0. The molecular weight excluding hydrogens is 256 g/mol. The van der Waals surface area contributed by atoms with E-state index < -0.39 is 0 Å². The van der Waals surface area contributed by atoms with Gasteiger partial charge in [0, 0.05) is 0 Å². The van der Waals surface area contributed by atoms with Crippen LogP contribution >= 0.6 is 0 Å². The van der Waals surface area contributed by atoms with Crippen molar-refractivity contribution in [3.63, 3.8) is 0 Å². The monoisotopic (exact) mass is 288 g/mol. The Labute approximate surface area is 130 Å². The lowest BCUT2D eigenvalue weighted by atomic mass is 9.45. The molecule has 6 atom stereocenters.